The predicted molar refractivity (Wildman–Crippen MR) is 76.9 cm³/mol. The van der Waals surface area contributed by atoms with E-state index in [0.29, 0.717) is 10.8 Å². The first-order chi connectivity index (χ1) is 8.83. The second-order valence-electron chi connectivity index (χ2n) is 4.90. The Morgan fingerprint density at radius 1 is 1.47 bits per heavy atom. The highest BCUT2D eigenvalue weighted by Gasteiger charge is 2.23. The highest BCUT2D eigenvalue weighted by Crippen LogP contribution is 2.28. The minimum atomic E-state index is -0.335. The number of rotatable bonds is 5. The number of carbonyl (C=O) groups excluding carboxylic acids is 1. The molecule has 0 spiro atoms. The van der Waals surface area contributed by atoms with Crippen LogP contribution < -0.4 is 4.72 Å². The molecule has 1 N–H and O–H groups in total. The number of nitrogens with zero attached hydrogens (tertiary/aromatic N) is 2. The molecule has 0 bridgehead atoms. The molecule has 1 unspecified atom stereocenters. The number of hydrogen-bond donors (Lipinski definition) is 1. The van der Waals surface area contributed by atoms with E-state index in [-0.39, 0.29) is 23.2 Å². The molecule has 1 heterocycles. The van der Waals surface area contributed by atoms with Crippen LogP contribution in [0.15, 0.2) is 12.4 Å². The van der Waals surface area contributed by atoms with Crippen molar-refractivity contribution in [1.82, 2.24) is 14.7 Å². The maximum atomic E-state index is 11.5. The van der Waals surface area contributed by atoms with Crippen LogP contribution in [0.2, 0.25) is 5.15 Å². The molecule has 0 aromatic carbocycles. The van der Waals surface area contributed by atoms with Crippen molar-refractivity contribution in [2.75, 3.05) is 7.11 Å². The zero-order chi connectivity index (χ0) is 14.5. The number of halogens is 1. The minimum Gasteiger partial charge on any atom is -0.469 e. The first-order valence-corrected chi connectivity index (χ1v) is 6.99. The molecule has 1 rings (SSSR count). The predicted octanol–water partition coefficient (Wildman–Crippen LogP) is 2.77. The Balaban J connectivity index is 2.86. The Bertz CT molecular complexity index is 437. The van der Waals surface area contributed by atoms with Crippen molar-refractivity contribution in [2.24, 2.45) is 0 Å². The Morgan fingerprint density at radius 3 is 2.63 bits per heavy atom. The zero-order valence-corrected chi connectivity index (χ0v) is 13.0. The highest BCUT2D eigenvalue weighted by atomic mass is 35.5. The van der Waals surface area contributed by atoms with Gasteiger partial charge in [-0.15, -0.1) is 0 Å². The van der Waals surface area contributed by atoms with Gasteiger partial charge in [-0.2, -0.15) is 0 Å². The molecule has 1 aromatic heterocycles. The lowest BCUT2D eigenvalue weighted by molar-refractivity contribution is -0.141. The smallest absolute Gasteiger partial charge is 0.307 e. The van der Waals surface area contributed by atoms with Crippen LogP contribution in [0.4, 0.5) is 0 Å². The number of ether oxygens (including phenoxy) is 1. The van der Waals surface area contributed by atoms with Gasteiger partial charge in [0, 0.05) is 17.1 Å². The van der Waals surface area contributed by atoms with E-state index in [9.17, 15) is 4.79 Å². The fourth-order valence-corrected chi connectivity index (χ4v) is 2.19. The normalized spacial score (nSPS) is 13.1. The maximum Gasteiger partial charge on any atom is 0.307 e. The monoisotopic (exact) mass is 303 g/mol. The van der Waals surface area contributed by atoms with E-state index in [1.54, 1.807) is 6.20 Å². The van der Waals surface area contributed by atoms with Gasteiger partial charge in [0.25, 0.3) is 0 Å². The van der Waals surface area contributed by atoms with Crippen LogP contribution in [0, 0.1) is 0 Å². The summed E-state index contributed by atoms with van der Waals surface area (Å²) in [5.41, 5.74) is 0.548. The summed E-state index contributed by atoms with van der Waals surface area (Å²) in [6.07, 6.45) is 3.21. The first-order valence-electron chi connectivity index (χ1n) is 5.80. The summed E-state index contributed by atoms with van der Waals surface area (Å²) in [4.78, 5) is 19.6. The average Bonchev–Trinajstić information content (AvgIpc) is 2.34. The van der Waals surface area contributed by atoms with Crippen LogP contribution in [0.5, 0.6) is 0 Å². The first kappa shape index (κ1) is 16.2. The topological polar surface area (TPSA) is 64.1 Å². The molecule has 0 saturated carbocycles. The third-order valence-corrected chi connectivity index (χ3v) is 3.42. The Morgan fingerprint density at radius 2 is 2.11 bits per heavy atom. The van der Waals surface area contributed by atoms with Crippen LogP contribution in [0.25, 0.3) is 0 Å². The van der Waals surface area contributed by atoms with E-state index in [2.05, 4.69) is 35.5 Å². The maximum absolute atomic E-state index is 11.5. The molecule has 1 aromatic rings. The summed E-state index contributed by atoms with van der Waals surface area (Å²) in [5.74, 6) is -0.325. The van der Waals surface area contributed by atoms with Gasteiger partial charge in [-0.1, -0.05) is 23.5 Å². The van der Waals surface area contributed by atoms with Crippen molar-refractivity contribution in [1.29, 1.82) is 0 Å². The van der Waals surface area contributed by atoms with Crippen LogP contribution in [0.3, 0.4) is 0 Å². The quantitative estimate of drug-likeness (QED) is 0.666. The summed E-state index contributed by atoms with van der Waals surface area (Å²) < 4.78 is 7.91. The second-order valence-corrected chi connectivity index (χ2v) is 6.92. The lowest BCUT2D eigenvalue weighted by Crippen LogP contribution is -2.25. The number of nitrogens with one attached hydrogen (secondary N) is 1. The van der Waals surface area contributed by atoms with Crippen molar-refractivity contribution < 1.29 is 9.53 Å². The molecule has 106 valence electrons. The average molecular weight is 304 g/mol. The zero-order valence-electron chi connectivity index (χ0n) is 11.4. The van der Waals surface area contributed by atoms with Crippen LogP contribution >= 0.6 is 23.5 Å². The number of carbonyl (C=O) groups is 1. The summed E-state index contributed by atoms with van der Waals surface area (Å²) in [7, 11) is 1.36. The van der Waals surface area contributed by atoms with Gasteiger partial charge >= 0.3 is 5.97 Å². The Kier molecular flexibility index (Phi) is 6.03. The fraction of sp³-hybridized carbons (Fsp3) is 0.583. The van der Waals surface area contributed by atoms with E-state index >= 15 is 0 Å². The fourth-order valence-electron chi connectivity index (χ4n) is 1.26. The van der Waals surface area contributed by atoms with E-state index in [1.807, 2.05) is 0 Å². The third kappa shape index (κ3) is 5.76. The summed E-state index contributed by atoms with van der Waals surface area (Å²) in [6, 6.07) is -0.335. The Hall–Kier alpha value is -0.850. The van der Waals surface area contributed by atoms with Gasteiger partial charge in [-0.25, -0.2) is 4.98 Å². The standard InChI is InChI=1S/C12H18ClN3O2S/c1-12(2,3)19-16-8(7-9(17)18-4)10-11(13)15-6-5-14-10/h5-6,8,16H,7H2,1-4H3. The van der Waals surface area contributed by atoms with E-state index < -0.39 is 0 Å². The summed E-state index contributed by atoms with van der Waals surface area (Å²) in [6.45, 7) is 6.20. The minimum absolute atomic E-state index is 0.00303. The van der Waals surface area contributed by atoms with Gasteiger partial charge in [0.1, 0.15) is 0 Å². The lowest BCUT2D eigenvalue weighted by Gasteiger charge is -2.23. The molecule has 5 nitrogen and oxygen atoms in total. The van der Waals surface area contributed by atoms with E-state index in [0.717, 1.165) is 0 Å². The van der Waals surface area contributed by atoms with Crippen molar-refractivity contribution >= 4 is 29.5 Å². The van der Waals surface area contributed by atoms with Crippen LogP contribution in [-0.2, 0) is 9.53 Å². The van der Waals surface area contributed by atoms with Gasteiger partial charge in [0.05, 0.1) is 25.3 Å². The van der Waals surface area contributed by atoms with Crippen LogP contribution in [0.1, 0.15) is 38.9 Å². The van der Waals surface area contributed by atoms with Gasteiger partial charge in [0.2, 0.25) is 0 Å². The number of methoxy groups -OCH3 is 1. The van der Waals surface area contributed by atoms with Crippen molar-refractivity contribution in [2.45, 2.75) is 38.0 Å². The molecule has 0 fully saturated rings. The highest BCUT2D eigenvalue weighted by molar-refractivity contribution is 7.98. The second kappa shape index (κ2) is 7.07. The number of hydrogen-bond acceptors (Lipinski definition) is 6. The van der Waals surface area contributed by atoms with Crippen molar-refractivity contribution in [3.63, 3.8) is 0 Å². The molecular formula is C12H18ClN3O2S. The molecule has 1 atom stereocenters. The number of aromatic nitrogens is 2. The molecular weight excluding hydrogens is 286 g/mol. The van der Waals surface area contributed by atoms with E-state index in [4.69, 9.17) is 16.3 Å². The van der Waals surface area contributed by atoms with Gasteiger partial charge in [-0.05, 0) is 20.8 Å². The van der Waals surface area contributed by atoms with E-state index in [1.165, 1.54) is 25.3 Å². The SMILES string of the molecule is COC(=O)CC(NSC(C)(C)C)c1nccnc1Cl. The molecule has 0 radical (unpaired) electrons. The molecule has 0 saturated heterocycles. The van der Waals surface area contributed by atoms with Crippen molar-refractivity contribution in [3.05, 3.63) is 23.2 Å². The third-order valence-electron chi connectivity index (χ3n) is 2.12. The van der Waals surface area contributed by atoms with Crippen LogP contribution in [-0.4, -0.2) is 27.8 Å². The van der Waals surface area contributed by atoms with Crippen molar-refractivity contribution in [3.8, 4) is 0 Å². The lowest BCUT2D eigenvalue weighted by atomic mass is 10.1. The summed E-state index contributed by atoms with van der Waals surface area (Å²) in [5, 5.41) is 0.290. The summed E-state index contributed by atoms with van der Waals surface area (Å²) >= 11 is 7.53. The molecule has 0 amide bonds. The van der Waals surface area contributed by atoms with Gasteiger partial charge < -0.3 is 4.74 Å². The van der Waals surface area contributed by atoms with Gasteiger partial charge in [-0.3, -0.25) is 14.5 Å². The molecule has 0 aliphatic rings. The molecule has 0 aliphatic heterocycles. The Labute approximate surface area is 122 Å². The van der Waals surface area contributed by atoms with Gasteiger partial charge in [0.15, 0.2) is 5.15 Å². The molecule has 0 aliphatic carbocycles. The largest absolute Gasteiger partial charge is 0.469 e. The molecule has 19 heavy (non-hydrogen) atoms. The number of esters is 1. The molecule has 7 heteroatoms.